The van der Waals surface area contributed by atoms with E-state index in [9.17, 15) is 9.35 Å². The summed E-state index contributed by atoms with van der Waals surface area (Å²) in [5, 5.41) is 10.6. The minimum Gasteiger partial charge on any atom is -0.611 e. The molecule has 2 aromatic rings. The molecule has 0 spiro atoms. The van der Waals surface area contributed by atoms with Gasteiger partial charge in [0.1, 0.15) is 0 Å². The first-order valence-corrected chi connectivity index (χ1v) is 6.08. The number of carboxylic acid groups (broad SMARTS) is 1. The number of rotatable bonds is 3. The SMILES string of the molecule is O=C(O)C[S+]([O-])c1ccc2ccccc2c1. The quantitative estimate of drug-likeness (QED) is 0.826. The monoisotopic (exact) mass is 234 g/mol. The molecular weight excluding hydrogens is 224 g/mol. The maximum absolute atomic E-state index is 11.6. The second-order valence-electron chi connectivity index (χ2n) is 3.39. The number of aliphatic carboxylic acids is 1. The van der Waals surface area contributed by atoms with Crippen molar-refractivity contribution in [3.63, 3.8) is 0 Å². The van der Waals surface area contributed by atoms with Crippen molar-refractivity contribution >= 4 is 27.9 Å². The lowest BCUT2D eigenvalue weighted by Gasteiger charge is -2.08. The predicted molar refractivity (Wildman–Crippen MR) is 62.9 cm³/mol. The summed E-state index contributed by atoms with van der Waals surface area (Å²) in [5.74, 6) is -1.40. The third kappa shape index (κ3) is 2.35. The van der Waals surface area contributed by atoms with Crippen LogP contribution in [0, 0.1) is 0 Å². The molecule has 0 fully saturated rings. The maximum Gasteiger partial charge on any atom is 0.354 e. The highest BCUT2D eigenvalue weighted by Crippen LogP contribution is 2.19. The van der Waals surface area contributed by atoms with Crippen LogP contribution in [0.1, 0.15) is 0 Å². The highest BCUT2D eigenvalue weighted by atomic mass is 32.2. The van der Waals surface area contributed by atoms with E-state index >= 15 is 0 Å². The fourth-order valence-electron chi connectivity index (χ4n) is 1.50. The number of carbonyl (C=O) groups is 1. The number of benzene rings is 2. The second kappa shape index (κ2) is 4.55. The first-order valence-electron chi connectivity index (χ1n) is 4.76. The Labute approximate surface area is 95.9 Å². The molecule has 0 saturated heterocycles. The van der Waals surface area contributed by atoms with Crippen LogP contribution in [0.3, 0.4) is 0 Å². The average molecular weight is 234 g/mol. The predicted octanol–water partition coefficient (Wildman–Crippen LogP) is 2.03. The summed E-state index contributed by atoms with van der Waals surface area (Å²) in [7, 11) is 0. The Bertz CT molecular complexity index is 524. The fraction of sp³-hybridized carbons (Fsp3) is 0.0833. The van der Waals surface area contributed by atoms with Crippen LogP contribution in [-0.2, 0) is 16.0 Å². The molecular formula is C12H10O3S. The molecule has 0 aliphatic rings. The van der Waals surface area contributed by atoms with Crippen molar-refractivity contribution < 1.29 is 14.5 Å². The van der Waals surface area contributed by atoms with Gasteiger partial charge in [-0.2, -0.15) is 0 Å². The molecule has 1 unspecified atom stereocenters. The van der Waals surface area contributed by atoms with Crippen molar-refractivity contribution in [1.29, 1.82) is 0 Å². The molecule has 0 radical (unpaired) electrons. The summed E-state index contributed by atoms with van der Waals surface area (Å²) in [6.45, 7) is 0. The molecule has 3 nitrogen and oxygen atoms in total. The zero-order valence-corrected chi connectivity index (χ0v) is 9.24. The van der Waals surface area contributed by atoms with E-state index in [1.54, 1.807) is 12.1 Å². The van der Waals surface area contributed by atoms with Crippen LogP contribution in [0.25, 0.3) is 10.8 Å². The van der Waals surface area contributed by atoms with Crippen molar-refractivity contribution in [1.82, 2.24) is 0 Å². The largest absolute Gasteiger partial charge is 0.611 e. The average Bonchev–Trinajstić information content (AvgIpc) is 2.27. The van der Waals surface area contributed by atoms with Gasteiger partial charge in [0.2, 0.25) is 5.75 Å². The fourth-order valence-corrected chi connectivity index (χ4v) is 2.37. The van der Waals surface area contributed by atoms with Crippen molar-refractivity contribution in [3.8, 4) is 0 Å². The van der Waals surface area contributed by atoms with Crippen molar-refractivity contribution in [2.75, 3.05) is 5.75 Å². The molecule has 0 amide bonds. The van der Waals surface area contributed by atoms with E-state index in [-0.39, 0.29) is 5.75 Å². The Hall–Kier alpha value is -1.52. The molecule has 0 saturated carbocycles. The Morgan fingerprint density at radius 2 is 1.88 bits per heavy atom. The van der Waals surface area contributed by atoms with Gasteiger partial charge in [-0.25, -0.2) is 4.79 Å². The molecule has 1 N–H and O–H groups in total. The minimum atomic E-state index is -1.47. The van der Waals surface area contributed by atoms with Gasteiger partial charge in [-0.05, 0) is 34.1 Å². The number of hydrogen-bond donors (Lipinski definition) is 1. The van der Waals surface area contributed by atoms with Gasteiger partial charge in [0.15, 0.2) is 4.90 Å². The van der Waals surface area contributed by atoms with Gasteiger partial charge in [-0.1, -0.05) is 24.3 Å². The normalized spacial score (nSPS) is 12.6. The van der Waals surface area contributed by atoms with Crippen molar-refractivity contribution in [3.05, 3.63) is 42.5 Å². The second-order valence-corrected chi connectivity index (χ2v) is 4.84. The first kappa shape index (κ1) is 11.0. The lowest BCUT2D eigenvalue weighted by molar-refractivity contribution is -0.134. The van der Waals surface area contributed by atoms with Crippen LogP contribution in [0.4, 0.5) is 0 Å². The smallest absolute Gasteiger partial charge is 0.354 e. The van der Waals surface area contributed by atoms with E-state index in [0.29, 0.717) is 4.90 Å². The van der Waals surface area contributed by atoms with Crippen LogP contribution >= 0.6 is 0 Å². The molecule has 1 atom stereocenters. The van der Waals surface area contributed by atoms with E-state index in [2.05, 4.69) is 0 Å². The molecule has 0 aromatic heterocycles. The zero-order chi connectivity index (χ0) is 11.5. The van der Waals surface area contributed by atoms with E-state index in [0.717, 1.165) is 10.8 Å². The van der Waals surface area contributed by atoms with Gasteiger partial charge in [0, 0.05) is 6.07 Å². The van der Waals surface area contributed by atoms with E-state index in [4.69, 9.17) is 5.11 Å². The van der Waals surface area contributed by atoms with E-state index in [1.165, 1.54) is 0 Å². The molecule has 0 aliphatic heterocycles. The highest BCUT2D eigenvalue weighted by molar-refractivity contribution is 7.92. The Morgan fingerprint density at radius 1 is 1.19 bits per heavy atom. The molecule has 82 valence electrons. The number of fused-ring (bicyclic) bond motifs is 1. The minimum absolute atomic E-state index is 0.349. The zero-order valence-electron chi connectivity index (χ0n) is 8.42. The molecule has 0 bridgehead atoms. The summed E-state index contributed by atoms with van der Waals surface area (Å²) >= 11 is -1.47. The molecule has 0 heterocycles. The molecule has 16 heavy (non-hydrogen) atoms. The van der Waals surface area contributed by atoms with Crippen molar-refractivity contribution in [2.24, 2.45) is 0 Å². The van der Waals surface area contributed by atoms with Gasteiger partial charge in [0.25, 0.3) is 0 Å². The third-order valence-electron chi connectivity index (χ3n) is 2.24. The van der Waals surface area contributed by atoms with Gasteiger partial charge in [0.05, 0.1) is 0 Å². The van der Waals surface area contributed by atoms with Crippen molar-refractivity contribution in [2.45, 2.75) is 4.90 Å². The van der Waals surface area contributed by atoms with E-state index in [1.807, 2.05) is 30.3 Å². The van der Waals surface area contributed by atoms with Crippen LogP contribution < -0.4 is 0 Å². The highest BCUT2D eigenvalue weighted by Gasteiger charge is 2.15. The Balaban J connectivity index is 2.35. The van der Waals surface area contributed by atoms with Crippen LogP contribution in [-0.4, -0.2) is 21.4 Å². The topological polar surface area (TPSA) is 60.4 Å². The number of hydrogen-bond acceptors (Lipinski definition) is 2. The van der Waals surface area contributed by atoms with Crippen LogP contribution in [0.2, 0.25) is 0 Å². The summed E-state index contributed by atoms with van der Waals surface area (Å²) in [5.41, 5.74) is 0. The Morgan fingerprint density at radius 3 is 2.56 bits per heavy atom. The molecule has 4 heteroatoms. The first-order chi connectivity index (χ1) is 7.66. The van der Waals surface area contributed by atoms with Crippen LogP contribution in [0.5, 0.6) is 0 Å². The maximum atomic E-state index is 11.6. The van der Waals surface area contributed by atoms with Crippen LogP contribution in [0.15, 0.2) is 47.4 Å². The molecule has 2 rings (SSSR count). The number of carboxylic acids is 1. The van der Waals surface area contributed by atoms with Gasteiger partial charge in [-0.15, -0.1) is 0 Å². The van der Waals surface area contributed by atoms with Gasteiger partial charge in [-0.3, -0.25) is 0 Å². The standard InChI is InChI=1S/C12H10O3S/c13-12(14)8-16(15)11-6-5-9-3-1-2-4-10(9)7-11/h1-7H,8H2,(H,13,14). The summed E-state index contributed by atoms with van der Waals surface area (Å²) in [4.78, 5) is 11.0. The van der Waals surface area contributed by atoms with Gasteiger partial charge >= 0.3 is 5.97 Å². The van der Waals surface area contributed by atoms with Gasteiger partial charge < -0.3 is 9.66 Å². The summed E-state index contributed by atoms with van der Waals surface area (Å²) in [6.07, 6.45) is 0. The molecule has 2 aromatic carbocycles. The summed E-state index contributed by atoms with van der Waals surface area (Å²) in [6, 6.07) is 13.0. The van der Waals surface area contributed by atoms with E-state index < -0.39 is 17.1 Å². The summed E-state index contributed by atoms with van der Waals surface area (Å²) < 4.78 is 11.6. The molecule has 0 aliphatic carbocycles. The third-order valence-corrected chi connectivity index (χ3v) is 3.53. The lowest BCUT2D eigenvalue weighted by Crippen LogP contribution is -2.15. The Kier molecular flexibility index (Phi) is 3.12. The lowest BCUT2D eigenvalue weighted by atomic mass is 10.1.